The number of hydrogen-bond donors (Lipinski definition) is 1. The van der Waals surface area contributed by atoms with E-state index in [0.717, 1.165) is 24.5 Å². The van der Waals surface area contributed by atoms with Gasteiger partial charge < -0.3 is 0 Å². The van der Waals surface area contributed by atoms with Crippen molar-refractivity contribution >= 4 is 21.4 Å². The van der Waals surface area contributed by atoms with Gasteiger partial charge in [-0.1, -0.05) is 64.7 Å². The number of hydrogen-bond acceptors (Lipinski definition) is 3. The van der Waals surface area contributed by atoms with Gasteiger partial charge >= 0.3 is 114 Å². The van der Waals surface area contributed by atoms with E-state index in [1.807, 2.05) is 0 Å². The number of phosphoric acid groups is 1. The van der Waals surface area contributed by atoms with Crippen molar-refractivity contribution < 1.29 is 18.5 Å². The Balaban J connectivity index is 3.32. The minimum atomic E-state index is -3.84. The molecule has 0 rings (SSSR count). The van der Waals surface area contributed by atoms with Crippen molar-refractivity contribution in [2.45, 2.75) is 126 Å². The molecule has 1 unspecified atom stereocenters. The summed E-state index contributed by atoms with van der Waals surface area (Å²) in [6.45, 7) is 2.91. The van der Waals surface area contributed by atoms with Crippen LogP contribution in [0.2, 0.25) is 22.3 Å². The quantitative estimate of drug-likeness (QED) is 0.101. The Morgan fingerprint density at radius 2 is 1.00 bits per heavy atom. The molecule has 0 saturated heterocycles. The van der Waals surface area contributed by atoms with Crippen molar-refractivity contribution in [3.05, 3.63) is 0 Å². The van der Waals surface area contributed by atoms with Gasteiger partial charge in [0.15, 0.2) is 0 Å². The van der Waals surface area contributed by atoms with E-state index in [0.29, 0.717) is 13.2 Å². The van der Waals surface area contributed by atoms with Gasteiger partial charge in [0.2, 0.25) is 0 Å². The van der Waals surface area contributed by atoms with Gasteiger partial charge in [0.25, 0.3) is 0 Å². The molecule has 0 aromatic rings. The van der Waals surface area contributed by atoms with E-state index in [2.05, 4.69) is 24.1 Å². The molecule has 0 amide bonds. The molecule has 0 aromatic heterocycles. The van der Waals surface area contributed by atoms with E-state index < -0.39 is 21.4 Å². The van der Waals surface area contributed by atoms with E-state index in [9.17, 15) is 9.46 Å². The van der Waals surface area contributed by atoms with E-state index in [1.54, 1.807) is 0 Å². The zero-order valence-corrected chi connectivity index (χ0v) is 22.1. The van der Waals surface area contributed by atoms with Crippen LogP contribution < -0.4 is 0 Å². The zero-order chi connectivity index (χ0) is 21.1. The summed E-state index contributed by atoms with van der Waals surface area (Å²) in [6.07, 6.45) is 19.0. The molecule has 0 bridgehead atoms. The van der Waals surface area contributed by atoms with Crippen LogP contribution in [-0.4, -0.2) is 31.7 Å². The Labute approximate surface area is 178 Å². The van der Waals surface area contributed by atoms with E-state index >= 15 is 0 Å². The van der Waals surface area contributed by atoms with Gasteiger partial charge in [0.05, 0.1) is 0 Å². The second-order valence-electron chi connectivity index (χ2n) is 9.10. The predicted molar refractivity (Wildman–Crippen MR) is 125 cm³/mol. The molecular weight excluding hydrogens is 434 g/mol. The van der Waals surface area contributed by atoms with Crippen molar-refractivity contribution in [3.63, 3.8) is 0 Å². The molecule has 28 heavy (non-hydrogen) atoms. The van der Waals surface area contributed by atoms with Crippen LogP contribution in [0, 0.1) is 0 Å². The molecule has 1 N–H and O–H groups in total. The summed E-state index contributed by atoms with van der Waals surface area (Å²) in [6, 6.07) is 0. The Bertz CT molecular complexity index is 385. The monoisotopic (exact) mass is 483 g/mol. The van der Waals surface area contributed by atoms with E-state index in [4.69, 9.17) is 9.05 Å². The fourth-order valence-electron chi connectivity index (χ4n) is 3.23. The number of unbranched alkanes of at least 4 members (excludes halogenated alkanes) is 13. The van der Waals surface area contributed by atoms with Crippen LogP contribution >= 0.6 is 7.82 Å². The van der Waals surface area contributed by atoms with Crippen molar-refractivity contribution in [1.82, 2.24) is 0 Å². The van der Waals surface area contributed by atoms with Crippen LogP contribution in [0.25, 0.3) is 0 Å². The molecule has 0 heterocycles. The number of rotatable bonds is 21. The first kappa shape index (κ1) is 28.7. The van der Waals surface area contributed by atoms with Gasteiger partial charge in [-0.05, 0) is 0 Å². The van der Waals surface area contributed by atoms with Gasteiger partial charge in [0.1, 0.15) is 0 Å². The summed E-state index contributed by atoms with van der Waals surface area (Å²) in [5.74, 6) is 0. The van der Waals surface area contributed by atoms with Crippen LogP contribution in [-0.2, 0) is 13.6 Å². The summed E-state index contributed by atoms with van der Waals surface area (Å²) in [7, 11) is -3.84. The van der Waals surface area contributed by atoms with Gasteiger partial charge in [-0.2, -0.15) is 0 Å². The summed E-state index contributed by atoms with van der Waals surface area (Å²) < 4.78 is 21.9. The van der Waals surface area contributed by atoms with E-state index in [-0.39, 0.29) is 0 Å². The molecule has 0 spiro atoms. The third-order valence-corrected chi connectivity index (χ3v) is 9.48. The molecule has 0 aliphatic heterocycles. The predicted octanol–water partition coefficient (Wildman–Crippen LogP) is 8.33. The van der Waals surface area contributed by atoms with Crippen LogP contribution in [0.4, 0.5) is 0 Å². The molecule has 0 saturated carbocycles. The van der Waals surface area contributed by atoms with Crippen molar-refractivity contribution in [2.24, 2.45) is 0 Å². The Hall–Kier alpha value is 0.668. The minimum absolute atomic E-state index is 0.321. The molecule has 6 heteroatoms. The third-order valence-electron chi connectivity index (χ3n) is 4.98. The Morgan fingerprint density at radius 3 is 1.39 bits per heavy atom. The zero-order valence-electron chi connectivity index (χ0n) is 19.3. The maximum atomic E-state index is 11.8. The van der Waals surface area contributed by atoms with Crippen LogP contribution in [0.3, 0.4) is 0 Å². The topological polar surface area (TPSA) is 55.8 Å². The van der Waals surface area contributed by atoms with Gasteiger partial charge in [-0.25, -0.2) is 0 Å². The molecule has 0 fully saturated rings. The fourth-order valence-corrected chi connectivity index (χ4v) is 6.29. The van der Waals surface area contributed by atoms with Crippen molar-refractivity contribution in [1.29, 1.82) is 0 Å². The first-order valence-electron chi connectivity index (χ1n) is 11.7. The second kappa shape index (κ2) is 18.4. The number of phosphoric ester groups is 1. The van der Waals surface area contributed by atoms with Crippen molar-refractivity contribution in [2.75, 3.05) is 13.2 Å². The molecule has 4 nitrogen and oxygen atoms in total. The molecule has 1 atom stereocenters. The normalized spacial score (nSPS) is 14.3. The van der Waals surface area contributed by atoms with Gasteiger partial charge in [-0.3, -0.25) is 0 Å². The van der Waals surface area contributed by atoms with Crippen LogP contribution in [0.5, 0.6) is 0 Å². The van der Waals surface area contributed by atoms with Crippen molar-refractivity contribution in [3.8, 4) is 0 Å². The van der Waals surface area contributed by atoms with Gasteiger partial charge in [0, 0.05) is 0 Å². The molecule has 0 radical (unpaired) electrons. The Kier molecular flexibility index (Phi) is 18.9. The van der Waals surface area contributed by atoms with Gasteiger partial charge in [-0.15, -0.1) is 0 Å². The fraction of sp³-hybridized carbons (Fsp3) is 1.00. The second-order valence-corrected chi connectivity index (χ2v) is 21.1. The third kappa shape index (κ3) is 23.0. The van der Waals surface area contributed by atoms with Crippen LogP contribution in [0.1, 0.15) is 103 Å². The average molecular weight is 484 g/mol. The summed E-state index contributed by atoms with van der Waals surface area (Å²) >= 11 is -1.43. The summed E-state index contributed by atoms with van der Waals surface area (Å²) in [5.41, 5.74) is 6.97. The molecule has 0 aliphatic carbocycles. The summed E-state index contributed by atoms with van der Waals surface area (Å²) in [5, 5.41) is 1.14. The first-order chi connectivity index (χ1) is 13.3. The SMILES string of the molecule is CCCCCCCCCCCCCCCCOP(=O)(O)OCCC[As+](C)(C)C. The molecule has 0 aliphatic rings. The molecule has 0 aromatic carbocycles. The average Bonchev–Trinajstić information content (AvgIpc) is 2.61. The standard InChI is InChI=1S/C22H48AsO4P/c1-5-6-7-8-9-10-11-12-13-14-15-16-17-18-21-26-28(24,25)27-22-19-20-23(2,3)4/h5-22H2,1-4H3/p+1. The summed E-state index contributed by atoms with van der Waals surface area (Å²) in [4.78, 5) is 9.67. The van der Waals surface area contributed by atoms with E-state index in [1.165, 1.54) is 77.0 Å². The maximum absolute atomic E-state index is 11.8. The first-order valence-corrected chi connectivity index (χ1v) is 20.1. The Morgan fingerprint density at radius 1 is 0.643 bits per heavy atom. The molecular formula is C22H49AsO4P+. The molecule has 170 valence electrons. The van der Waals surface area contributed by atoms with Crippen LogP contribution in [0.15, 0.2) is 0 Å².